The maximum absolute atomic E-state index is 11.6. The lowest BCUT2D eigenvalue weighted by Gasteiger charge is -2.10. The molecule has 0 aliphatic heterocycles. The summed E-state index contributed by atoms with van der Waals surface area (Å²) in [5, 5.41) is 11.8. The second kappa shape index (κ2) is 6.62. The lowest BCUT2D eigenvalue weighted by Crippen LogP contribution is -2.29. The summed E-state index contributed by atoms with van der Waals surface area (Å²) in [6.07, 6.45) is 2.31. The predicted octanol–water partition coefficient (Wildman–Crippen LogP) is 2.28. The largest absolute Gasteiger partial charge is 0.496 e. The molecular formula is C17H16N4O4. The highest BCUT2D eigenvalue weighted by Crippen LogP contribution is 2.29. The first-order chi connectivity index (χ1) is 12.0. The molecule has 4 N–H and O–H groups in total. The summed E-state index contributed by atoms with van der Waals surface area (Å²) in [5.41, 5.74) is 5.06. The fraction of sp³-hybridized carbons (Fsp3) is 0.118. The monoisotopic (exact) mass is 340 g/mol. The molecule has 0 spiro atoms. The highest BCUT2D eigenvalue weighted by molar-refractivity contribution is 5.94. The number of aromatic nitrogens is 1. The van der Waals surface area contributed by atoms with Gasteiger partial charge in [-0.15, -0.1) is 0 Å². The highest BCUT2D eigenvalue weighted by atomic mass is 16.6. The number of nitrogens with one attached hydrogen (secondary N) is 2. The number of nitrogen functional groups attached to an aromatic ring is 1. The van der Waals surface area contributed by atoms with Crippen molar-refractivity contribution in [1.29, 1.82) is 0 Å². The normalized spacial score (nSPS) is 10.6. The van der Waals surface area contributed by atoms with E-state index >= 15 is 0 Å². The van der Waals surface area contributed by atoms with Crippen LogP contribution in [0.15, 0.2) is 42.6 Å². The number of ether oxygens (including phenoxy) is 1. The Morgan fingerprint density at radius 2 is 2.08 bits per heavy atom. The van der Waals surface area contributed by atoms with Gasteiger partial charge in [-0.3, -0.25) is 20.3 Å². The lowest BCUT2D eigenvalue weighted by atomic mass is 10.0. The molecule has 3 rings (SSSR count). The van der Waals surface area contributed by atoms with Gasteiger partial charge < -0.3 is 9.72 Å². The maximum atomic E-state index is 11.6. The first kappa shape index (κ1) is 16.5. The van der Waals surface area contributed by atoms with Gasteiger partial charge >= 0.3 is 0 Å². The number of carbonyl (C=O) groups is 1. The van der Waals surface area contributed by atoms with Crippen molar-refractivity contribution in [3.8, 4) is 5.75 Å². The highest BCUT2D eigenvalue weighted by Gasteiger charge is 2.14. The molecule has 0 aliphatic carbocycles. The Bertz CT molecular complexity index is 964. The van der Waals surface area contributed by atoms with E-state index in [9.17, 15) is 14.9 Å². The summed E-state index contributed by atoms with van der Waals surface area (Å²) in [5.74, 6) is 5.28. The molecule has 25 heavy (non-hydrogen) atoms. The van der Waals surface area contributed by atoms with Crippen LogP contribution in [0.1, 0.15) is 21.5 Å². The quantitative estimate of drug-likeness (QED) is 0.284. The van der Waals surface area contributed by atoms with Gasteiger partial charge in [0.15, 0.2) is 0 Å². The minimum atomic E-state index is -0.420. The molecule has 0 saturated carbocycles. The number of amides is 1. The van der Waals surface area contributed by atoms with Crippen molar-refractivity contribution in [3.05, 3.63) is 69.4 Å². The molecule has 0 saturated heterocycles. The zero-order chi connectivity index (χ0) is 18.0. The molecule has 0 aliphatic rings. The van der Waals surface area contributed by atoms with Gasteiger partial charge in [0.1, 0.15) is 5.75 Å². The number of nitrogens with two attached hydrogens (primary N) is 1. The number of rotatable bonds is 5. The number of H-pyrrole nitrogens is 1. The van der Waals surface area contributed by atoms with Crippen molar-refractivity contribution >= 4 is 22.5 Å². The number of benzene rings is 2. The Kier molecular flexibility index (Phi) is 4.36. The van der Waals surface area contributed by atoms with E-state index in [1.54, 1.807) is 30.3 Å². The average Bonchev–Trinajstić information content (AvgIpc) is 3.03. The number of fused-ring (bicyclic) bond motifs is 1. The molecule has 0 radical (unpaired) electrons. The van der Waals surface area contributed by atoms with Crippen LogP contribution >= 0.6 is 0 Å². The third kappa shape index (κ3) is 3.15. The molecule has 128 valence electrons. The van der Waals surface area contributed by atoms with E-state index in [0.29, 0.717) is 17.7 Å². The van der Waals surface area contributed by atoms with Gasteiger partial charge in [0.05, 0.1) is 12.0 Å². The summed E-state index contributed by atoms with van der Waals surface area (Å²) in [6.45, 7) is 0. The Labute approximate surface area is 142 Å². The SMILES string of the molecule is COc1cc(C(=O)NN)ccc1Cc1c[nH]c2ccc([N+](=O)[O-])cc12. The van der Waals surface area contributed by atoms with Gasteiger partial charge in [-0.25, -0.2) is 5.84 Å². The molecule has 0 unspecified atom stereocenters. The Balaban J connectivity index is 1.99. The number of hydrogen-bond acceptors (Lipinski definition) is 5. The molecule has 2 aromatic carbocycles. The lowest BCUT2D eigenvalue weighted by molar-refractivity contribution is -0.384. The predicted molar refractivity (Wildman–Crippen MR) is 92.4 cm³/mol. The Morgan fingerprint density at radius 3 is 2.76 bits per heavy atom. The molecule has 8 nitrogen and oxygen atoms in total. The summed E-state index contributed by atoms with van der Waals surface area (Å²) >= 11 is 0. The van der Waals surface area contributed by atoms with Crippen molar-refractivity contribution in [3.63, 3.8) is 0 Å². The standard InChI is InChI=1S/C17H16N4O4/c1-25-16-7-11(17(22)20-18)3-2-10(16)6-12-9-19-15-5-4-13(21(23)24)8-14(12)15/h2-5,7-9,19H,6,18H2,1H3,(H,20,22). The third-order valence-corrected chi connectivity index (χ3v) is 4.02. The zero-order valence-corrected chi connectivity index (χ0v) is 13.4. The van der Waals surface area contributed by atoms with E-state index < -0.39 is 10.8 Å². The summed E-state index contributed by atoms with van der Waals surface area (Å²) in [4.78, 5) is 25.3. The van der Waals surface area contributed by atoms with E-state index in [4.69, 9.17) is 10.6 Å². The number of carbonyl (C=O) groups excluding carboxylic acids is 1. The number of hydrogen-bond donors (Lipinski definition) is 3. The fourth-order valence-electron chi connectivity index (χ4n) is 2.75. The van der Waals surface area contributed by atoms with Crippen LogP contribution in [0.5, 0.6) is 5.75 Å². The number of aromatic amines is 1. The summed E-state index contributed by atoms with van der Waals surface area (Å²) < 4.78 is 5.36. The number of non-ortho nitro benzene ring substituents is 1. The Morgan fingerprint density at radius 1 is 1.28 bits per heavy atom. The second-order valence-corrected chi connectivity index (χ2v) is 5.48. The van der Waals surface area contributed by atoms with Gasteiger partial charge in [-0.2, -0.15) is 0 Å². The van der Waals surface area contributed by atoms with Gasteiger partial charge in [-0.1, -0.05) is 6.07 Å². The van der Waals surface area contributed by atoms with Crippen LogP contribution in [0.4, 0.5) is 5.69 Å². The zero-order valence-electron chi connectivity index (χ0n) is 13.4. The van der Waals surface area contributed by atoms with Gasteiger partial charge in [-0.05, 0) is 29.3 Å². The van der Waals surface area contributed by atoms with E-state index in [-0.39, 0.29) is 5.69 Å². The fourth-order valence-corrected chi connectivity index (χ4v) is 2.75. The average molecular weight is 340 g/mol. The maximum Gasteiger partial charge on any atom is 0.270 e. The minimum Gasteiger partial charge on any atom is -0.496 e. The summed E-state index contributed by atoms with van der Waals surface area (Å²) in [6, 6.07) is 9.72. The number of hydrazine groups is 1. The van der Waals surface area contributed by atoms with Crippen molar-refractivity contribution in [2.24, 2.45) is 5.84 Å². The first-order valence-electron chi connectivity index (χ1n) is 7.45. The number of nitrogens with zero attached hydrogens (tertiary/aromatic N) is 1. The molecule has 1 aromatic heterocycles. The van der Waals surface area contributed by atoms with Crippen LogP contribution < -0.4 is 16.0 Å². The number of methoxy groups -OCH3 is 1. The molecular weight excluding hydrogens is 324 g/mol. The van der Waals surface area contributed by atoms with Crippen LogP contribution in [0, 0.1) is 10.1 Å². The van der Waals surface area contributed by atoms with Crippen molar-refractivity contribution < 1.29 is 14.5 Å². The van der Waals surface area contributed by atoms with Crippen LogP contribution in [0.2, 0.25) is 0 Å². The van der Waals surface area contributed by atoms with Crippen molar-refractivity contribution in [2.75, 3.05) is 7.11 Å². The first-order valence-corrected chi connectivity index (χ1v) is 7.45. The minimum absolute atomic E-state index is 0.0373. The van der Waals surface area contributed by atoms with E-state index in [1.165, 1.54) is 13.2 Å². The van der Waals surface area contributed by atoms with Gasteiger partial charge in [0.25, 0.3) is 11.6 Å². The molecule has 0 bridgehead atoms. The molecule has 1 amide bonds. The second-order valence-electron chi connectivity index (χ2n) is 5.48. The van der Waals surface area contributed by atoms with Crippen LogP contribution in [-0.4, -0.2) is 22.9 Å². The van der Waals surface area contributed by atoms with Crippen LogP contribution in [0.3, 0.4) is 0 Å². The Hall–Kier alpha value is -3.39. The van der Waals surface area contributed by atoms with E-state index in [0.717, 1.165) is 22.0 Å². The van der Waals surface area contributed by atoms with E-state index in [1.807, 2.05) is 6.20 Å². The summed E-state index contributed by atoms with van der Waals surface area (Å²) in [7, 11) is 1.52. The van der Waals surface area contributed by atoms with Gasteiger partial charge in [0.2, 0.25) is 0 Å². The molecule has 3 aromatic rings. The van der Waals surface area contributed by atoms with Gasteiger partial charge in [0, 0.05) is 41.2 Å². The van der Waals surface area contributed by atoms with Crippen LogP contribution in [-0.2, 0) is 6.42 Å². The molecule has 0 atom stereocenters. The molecule has 1 heterocycles. The third-order valence-electron chi connectivity index (χ3n) is 4.02. The van der Waals surface area contributed by atoms with Crippen LogP contribution in [0.25, 0.3) is 10.9 Å². The number of nitro benzene ring substituents is 1. The molecule has 8 heteroatoms. The molecule has 0 fully saturated rings. The van der Waals surface area contributed by atoms with Crippen molar-refractivity contribution in [1.82, 2.24) is 10.4 Å². The van der Waals surface area contributed by atoms with E-state index in [2.05, 4.69) is 10.4 Å². The topological polar surface area (TPSA) is 123 Å². The van der Waals surface area contributed by atoms with Crippen molar-refractivity contribution in [2.45, 2.75) is 6.42 Å². The number of nitro groups is 1. The smallest absolute Gasteiger partial charge is 0.270 e.